The summed E-state index contributed by atoms with van der Waals surface area (Å²) in [5.41, 5.74) is 1.54. The van der Waals surface area contributed by atoms with Gasteiger partial charge in [-0.25, -0.2) is 0 Å². The van der Waals surface area contributed by atoms with Crippen LogP contribution in [0.3, 0.4) is 0 Å². The minimum absolute atomic E-state index is 0.0211. The van der Waals surface area contributed by atoms with E-state index in [0.29, 0.717) is 60.1 Å². The van der Waals surface area contributed by atoms with Gasteiger partial charge < -0.3 is 19.5 Å². The number of rotatable bonds is 5. The van der Waals surface area contributed by atoms with Gasteiger partial charge in [-0.2, -0.15) is 0 Å². The number of ether oxygens (including phenoxy) is 3. The number of carbonyl (C=O) groups excluding carboxylic acids is 1. The zero-order valence-electron chi connectivity index (χ0n) is 15.8. The molecule has 0 saturated carbocycles. The van der Waals surface area contributed by atoms with Crippen molar-refractivity contribution in [1.82, 2.24) is 10.2 Å². The summed E-state index contributed by atoms with van der Waals surface area (Å²) in [7, 11) is 0. The highest BCUT2D eigenvalue weighted by Gasteiger charge is 2.24. The smallest absolute Gasteiger partial charge is 0.251 e. The second kappa shape index (κ2) is 9.22. The second-order valence-corrected chi connectivity index (χ2v) is 7.75. The summed E-state index contributed by atoms with van der Waals surface area (Å²) in [5.74, 6) is 0.772. The Labute approximate surface area is 179 Å². The molecular formula is C21H22Cl2N2O4. The molecule has 0 aromatic heterocycles. The van der Waals surface area contributed by atoms with E-state index in [0.717, 1.165) is 18.7 Å². The van der Waals surface area contributed by atoms with E-state index in [1.165, 1.54) is 0 Å². The van der Waals surface area contributed by atoms with Gasteiger partial charge in [-0.05, 0) is 29.8 Å². The number of amides is 1. The first-order valence-corrected chi connectivity index (χ1v) is 10.3. The van der Waals surface area contributed by atoms with Crippen molar-refractivity contribution in [3.05, 3.63) is 57.6 Å². The van der Waals surface area contributed by atoms with Crippen LogP contribution in [0.2, 0.25) is 10.0 Å². The molecule has 29 heavy (non-hydrogen) atoms. The van der Waals surface area contributed by atoms with Gasteiger partial charge in [0.1, 0.15) is 13.2 Å². The molecule has 2 aromatic rings. The summed E-state index contributed by atoms with van der Waals surface area (Å²) in [4.78, 5) is 15.1. The molecule has 2 aliphatic heterocycles. The SMILES string of the molecule is O=C(NCC(c1ccc(Cl)cc1)N1CCOCC1)c1cc(Cl)c2c(c1)OCCO2. The molecule has 8 heteroatoms. The van der Waals surface area contributed by atoms with Gasteiger partial charge in [0.15, 0.2) is 11.5 Å². The average Bonchev–Trinajstić information content (AvgIpc) is 2.75. The fourth-order valence-corrected chi connectivity index (χ4v) is 3.96. The fourth-order valence-electron chi connectivity index (χ4n) is 3.57. The lowest BCUT2D eigenvalue weighted by Crippen LogP contribution is -2.43. The molecule has 0 aliphatic carbocycles. The number of fused-ring (bicyclic) bond motifs is 1. The van der Waals surface area contributed by atoms with E-state index in [1.807, 2.05) is 24.3 Å². The first-order chi connectivity index (χ1) is 14.1. The third kappa shape index (κ3) is 4.78. The normalized spacial score (nSPS) is 17.6. The van der Waals surface area contributed by atoms with Gasteiger partial charge in [-0.1, -0.05) is 35.3 Å². The molecule has 0 radical (unpaired) electrons. The second-order valence-electron chi connectivity index (χ2n) is 6.91. The summed E-state index contributed by atoms with van der Waals surface area (Å²) < 4.78 is 16.6. The molecule has 0 spiro atoms. The first kappa shape index (κ1) is 20.3. The maximum atomic E-state index is 12.8. The van der Waals surface area contributed by atoms with Gasteiger partial charge in [0, 0.05) is 30.2 Å². The summed E-state index contributed by atoms with van der Waals surface area (Å²) in [5, 5.41) is 4.09. The molecule has 1 atom stereocenters. The molecular weight excluding hydrogens is 415 g/mol. The Balaban J connectivity index is 1.50. The highest BCUT2D eigenvalue weighted by atomic mass is 35.5. The van der Waals surface area contributed by atoms with E-state index in [-0.39, 0.29) is 11.9 Å². The quantitative estimate of drug-likeness (QED) is 0.775. The summed E-state index contributed by atoms with van der Waals surface area (Å²) in [6, 6.07) is 11.0. The van der Waals surface area contributed by atoms with E-state index in [2.05, 4.69) is 10.2 Å². The minimum Gasteiger partial charge on any atom is -0.486 e. The number of halogens is 2. The fraction of sp³-hybridized carbons (Fsp3) is 0.381. The van der Waals surface area contributed by atoms with Gasteiger partial charge in [-0.15, -0.1) is 0 Å². The Morgan fingerprint density at radius 2 is 1.76 bits per heavy atom. The number of morpholine rings is 1. The molecule has 1 unspecified atom stereocenters. The number of carbonyl (C=O) groups is 1. The minimum atomic E-state index is -0.212. The van der Waals surface area contributed by atoms with Crippen LogP contribution in [0.15, 0.2) is 36.4 Å². The van der Waals surface area contributed by atoms with Crippen LogP contribution >= 0.6 is 23.2 Å². The maximum absolute atomic E-state index is 12.8. The summed E-state index contributed by atoms with van der Waals surface area (Å²) in [6.45, 7) is 4.29. The molecule has 1 amide bonds. The Bertz CT molecular complexity index is 870. The van der Waals surface area contributed by atoms with Gasteiger partial charge in [0.2, 0.25) is 0 Å². The zero-order chi connectivity index (χ0) is 20.2. The van der Waals surface area contributed by atoms with Gasteiger partial charge >= 0.3 is 0 Å². The Morgan fingerprint density at radius 1 is 1.03 bits per heavy atom. The molecule has 1 saturated heterocycles. The lowest BCUT2D eigenvalue weighted by molar-refractivity contribution is 0.0162. The maximum Gasteiger partial charge on any atom is 0.251 e. The third-order valence-electron chi connectivity index (χ3n) is 5.06. The van der Waals surface area contributed by atoms with Crippen molar-refractivity contribution >= 4 is 29.1 Å². The van der Waals surface area contributed by atoms with Crippen LogP contribution in [-0.2, 0) is 4.74 Å². The Hall–Kier alpha value is -1.99. The number of hydrogen-bond acceptors (Lipinski definition) is 5. The predicted molar refractivity (Wildman–Crippen MR) is 111 cm³/mol. The van der Waals surface area contributed by atoms with Crippen molar-refractivity contribution in [2.24, 2.45) is 0 Å². The largest absolute Gasteiger partial charge is 0.486 e. The standard InChI is InChI=1S/C21H22Cl2N2O4/c22-16-3-1-14(2-4-16)18(25-5-7-27-8-6-25)13-24-21(26)15-11-17(23)20-19(12-15)28-9-10-29-20/h1-4,11-12,18H,5-10,13H2,(H,24,26). The van der Waals surface area contributed by atoms with Crippen LogP contribution in [0.1, 0.15) is 22.0 Å². The van der Waals surface area contributed by atoms with Crippen LogP contribution in [0.5, 0.6) is 11.5 Å². The van der Waals surface area contributed by atoms with Crippen molar-refractivity contribution in [3.63, 3.8) is 0 Å². The molecule has 0 bridgehead atoms. The van der Waals surface area contributed by atoms with Crippen molar-refractivity contribution in [1.29, 1.82) is 0 Å². The van der Waals surface area contributed by atoms with Crippen LogP contribution in [0.25, 0.3) is 0 Å². The predicted octanol–water partition coefficient (Wildman–Crippen LogP) is 3.57. The van der Waals surface area contributed by atoms with E-state index in [4.69, 9.17) is 37.4 Å². The van der Waals surface area contributed by atoms with Crippen LogP contribution in [0, 0.1) is 0 Å². The number of nitrogens with one attached hydrogen (secondary N) is 1. The van der Waals surface area contributed by atoms with Gasteiger partial charge in [0.25, 0.3) is 5.91 Å². The highest BCUT2D eigenvalue weighted by Crippen LogP contribution is 2.38. The lowest BCUT2D eigenvalue weighted by Gasteiger charge is -2.35. The van der Waals surface area contributed by atoms with Crippen LogP contribution < -0.4 is 14.8 Å². The lowest BCUT2D eigenvalue weighted by atomic mass is 10.0. The monoisotopic (exact) mass is 436 g/mol. The van der Waals surface area contributed by atoms with Gasteiger partial charge in [-0.3, -0.25) is 9.69 Å². The summed E-state index contributed by atoms with van der Waals surface area (Å²) >= 11 is 12.3. The topological polar surface area (TPSA) is 60.0 Å². The Morgan fingerprint density at radius 3 is 2.52 bits per heavy atom. The molecule has 2 heterocycles. The first-order valence-electron chi connectivity index (χ1n) is 9.56. The van der Waals surface area contributed by atoms with Crippen molar-refractivity contribution < 1.29 is 19.0 Å². The zero-order valence-corrected chi connectivity index (χ0v) is 17.3. The third-order valence-corrected chi connectivity index (χ3v) is 5.59. The molecule has 1 N–H and O–H groups in total. The molecule has 1 fully saturated rings. The van der Waals surface area contributed by atoms with Crippen molar-refractivity contribution in [3.8, 4) is 11.5 Å². The van der Waals surface area contributed by atoms with Crippen molar-refractivity contribution in [2.45, 2.75) is 6.04 Å². The van der Waals surface area contributed by atoms with Crippen LogP contribution in [0.4, 0.5) is 0 Å². The molecule has 2 aliphatic rings. The van der Waals surface area contributed by atoms with E-state index < -0.39 is 0 Å². The Kier molecular flexibility index (Phi) is 6.45. The summed E-state index contributed by atoms with van der Waals surface area (Å²) in [6.07, 6.45) is 0. The van der Waals surface area contributed by atoms with E-state index in [1.54, 1.807) is 12.1 Å². The molecule has 2 aromatic carbocycles. The van der Waals surface area contributed by atoms with Crippen molar-refractivity contribution in [2.75, 3.05) is 46.1 Å². The number of hydrogen-bond donors (Lipinski definition) is 1. The molecule has 4 rings (SSSR count). The number of nitrogens with zero attached hydrogens (tertiary/aromatic N) is 1. The van der Waals surface area contributed by atoms with E-state index >= 15 is 0 Å². The molecule has 6 nitrogen and oxygen atoms in total. The number of benzene rings is 2. The average molecular weight is 437 g/mol. The van der Waals surface area contributed by atoms with Gasteiger partial charge in [0.05, 0.1) is 24.3 Å². The molecule has 154 valence electrons. The van der Waals surface area contributed by atoms with Crippen LogP contribution in [-0.4, -0.2) is 56.9 Å². The highest BCUT2D eigenvalue weighted by molar-refractivity contribution is 6.32. The van der Waals surface area contributed by atoms with E-state index in [9.17, 15) is 4.79 Å².